The van der Waals surface area contributed by atoms with Gasteiger partial charge < -0.3 is 9.26 Å². The second-order valence-electron chi connectivity index (χ2n) is 7.09. The van der Waals surface area contributed by atoms with Crippen LogP contribution in [0, 0.1) is 0 Å². The third-order valence-electron chi connectivity index (χ3n) is 5.28. The first kappa shape index (κ1) is 15.6. The summed E-state index contributed by atoms with van der Waals surface area (Å²) in [4.78, 5) is 9.16. The first-order chi connectivity index (χ1) is 12.9. The van der Waals surface area contributed by atoms with E-state index < -0.39 is 0 Å². The van der Waals surface area contributed by atoms with E-state index in [4.69, 9.17) is 9.26 Å². The normalized spacial score (nSPS) is 15.8. The maximum absolute atomic E-state index is 5.68. The van der Waals surface area contributed by atoms with E-state index in [2.05, 4.69) is 39.4 Å². The number of pyridine rings is 1. The molecule has 1 aromatic carbocycles. The number of hydrogen-bond acceptors (Lipinski definition) is 5. The number of ether oxygens (including phenoxy) is 1. The predicted molar refractivity (Wildman–Crippen MR) is 97.2 cm³/mol. The molecule has 0 spiro atoms. The van der Waals surface area contributed by atoms with Gasteiger partial charge >= 0.3 is 0 Å². The van der Waals surface area contributed by atoms with E-state index in [1.807, 2.05) is 6.20 Å². The summed E-state index contributed by atoms with van der Waals surface area (Å²) in [6.45, 7) is 0.813. The van der Waals surface area contributed by atoms with Crippen LogP contribution in [0.1, 0.15) is 47.4 Å². The van der Waals surface area contributed by atoms with E-state index in [9.17, 15) is 0 Å². The summed E-state index contributed by atoms with van der Waals surface area (Å²) >= 11 is 0. The van der Waals surface area contributed by atoms with E-state index in [-0.39, 0.29) is 0 Å². The van der Waals surface area contributed by atoms with Crippen LogP contribution in [0.4, 0.5) is 0 Å². The number of rotatable bonds is 3. The van der Waals surface area contributed by atoms with E-state index in [1.165, 1.54) is 35.1 Å². The van der Waals surface area contributed by atoms with Gasteiger partial charge in [-0.05, 0) is 72.9 Å². The number of benzene rings is 1. The Morgan fingerprint density at radius 2 is 1.88 bits per heavy atom. The molecule has 0 amide bonds. The van der Waals surface area contributed by atoms with Crippen molar-refractivity contribution in [3.63, 3.8) is 0 Å². The first-order valence-corrected chi connectivity index (χ1v) is 9.41. The largest absolute Gasteiger partial charge is 0.493 e. The summed E-state index contributed by atoms with van der Waals surface area (Å²) in [7, 11) is 0. The van der Waals surface area contributed by atoms with Crippen LogP contribution in [0.15, 0.2) is 35.0 Å². The molecule has 2 aromatic heterocycles. The molecule has 0 saturated heterocycles. The number of aromatic nitrogens is 3. The van der Waals surface area contributed by atoms with Gasteiger partial charge in [0.2, 0.25) is 11.7 Å². The van der Waals surface area contributed by atoms with Gasteiger partial charge in [-0.1, -0.05) is 17.3 Å². The third-order valence-corrected chi connectivity index (χ3v) is 5.28. The minimum Gasteiger partial charge on any atom is -0.493 e. The molecule has 1 aliphatic carbocycles. The van der Waals surface area contributed by atoms with Crippen LogP contribution < -0.4 is 4.74 Å². The number of nitrogens with zero attached hydrogens (tertiary/aromatic N) is 3. The lowest BCUT2D eigenvalue weighted by atomic mass is 9.91. The topological polar surface area (TPSA) is 61.0 Å². The molecule has 5 nitrogen and oxygen atoms in total. The Hall–Kier alpha value is -2.69. The Labute approximate surface area is 152 Å². The van der Waals surface area contributed by atoms with Gasteiger partial charge in [0.05, 0.1) is 13.0 Å². The quantitative estimate of drug-likeness (QED) is 0.718. The Kier molecular flexibility index (Phi) is 3.92. The highest BCUT2D eigenvalue weighted by Gasteiger charge is 2.19. The maximum atomic E-state index is 5.68. The molecular formula is C21H21N3O2. The minimum absolute atomic E-state index is 0.611. The summed E-state index contributed by atoms with van der Waals surface area (Å²) in [5.74, 6) is 2.25. The fraction of sp³-hybridized carbons (Fsp3) is 0.381. The molecule has 2 aliphatic rings. The second-order valence-corrected chi connectivity index (χ2v) is 7.09. The van der Waals surface area contributed by atoms with Gasteiger partial charge in [0.15, 0.2) is 0 Å². The van der Waals surface area contributed by atoms with Crippen LogP contribution >= 0.6 is 0 Å². The van der Waals surface area contributed by atoms with E-state index in [0.717, 1.165) is 43.7 Å². The highest BCUT2D eigenvalue weighted by atomic mass is 16.5. The zero-order valence-electron chi connectivity index (χ0n) is 14.7. The fourth-order valence-corrected chi connectivity index (χ4v) is 3.98. The third kappa shape index (κ3) is 2.87. The number of aryl methyl sites for hydroxylation is 2. The fourth-order valence-electron chi connectivity index (χ4n) is 3.98. The molecule has 0 atom stereocenters. The summed E-state index contributed by atoms with van der Waals surface area (Å²) in [5.41, 5.74) is 6.00. The lowest BCUT2D eigenvalue weighted by molar-refractivity contribution is 0.288. The van der Waals surface area contributed by atoms with Gasteiger partial charge in [0, 0.05) is 6.20 Å². The zero-order valence-corrected chi connectivity index (χ0v) is 14.7. The van der Waals surface area contributed by atoms with E-state index in [1.54, 1.807) is 0 Å². The minimum atomic E-state index is 0.611. The Bertz CT molecular complexity index is 948. The van der Waals surface area contributed by atoms with Crippen LogP contribution in [-0.4, -0.2) is 21.7 Å². The van der Waals surface area contributed by atoms with Gasteiger partial charge in [-0.25, -0.2) is 0 Å². The summed E-state index contributed by atoms with van der Waals surface area (Å²) in [6.07, 6.45) is 9.25. The van der Waals surface area contributed by atoms with Crippen molar-refractivity contribution in [3.05, 3.63) is 58.6 Å². The second kappa shape index (κ2) is 6.56. The molecule has 1 aliphatic heterocycles. The van der Waals surface area contributed by atoms with Crippen molar-refractivity contribution in [2.75, 3.05) is 6.61 Å². The smallest absolute Gasteiger partial charge is 0.231 e. The highest BCUT2D eigenvalue weighted by molar-refractivity contribution is 5.57. The van der Waals surface area contributed by atoms with Crippen molar-refractivity contribution in [1.82, 2.24) is 15.1 Å². The van der Waals surface area contributed by atoms with Gasteiger partial charge in [-0.2, -0.15) is 4.98 Å². The van der Waals surface area contributed by atoms with Gasteiger partial charge in [0.1, 0.15) is 11.4 Å². The molecule has 5 heteroatoms. The Morgan fingerprint density at radius 1 is 0.962 bits per heavy atom. The molecule has 132 valence electrons. The van der Waals surface area contributed by atoms with Crippen molar-refractivity contribution in [2.45, 2.75) is 44.9 Å². The summed E-state index contributed by atoms with van der Waals surface area (Å²) < 4.78 is 11.2. The molecule has 0 N–H and O–H groups in total. The molecule has 26 heavy (non-hydrogen) atoms. The Morgan fingerprint density at radius 3 is 2.88 bits per heavy atom. The molecule has 0 radical (unpaired) electrons. The highest BCUT2D eigenvalue weighted by Crippen LogP contribution is 2.29. The van der Waals surface area contributed by atoms with E-state index in [0.29, 0.717) is 18.1 Å². The summed E-state index contributed by atoms with van der Waals surface area (Å²) in [6, 6.07) is 8.45. The van der Waals surface area contributed by atoms with Crippen LogP contribution in [0.2, 0.25) is 0 Å². The van der Waals surface area contributed by atoms with Gasteiger partial charge in [-0.3, -0.25) is 4.98 Å². The number of fused-ring (bicyclic) bond motifs is 2. The van der Waals surface area contributed by atoms with Crippen LogP contribution in [0.25, 0.3) is 11.5 Å². The van der Waals surface area contributed by atoms with Crippen LogP contribution in [0.5, 0.6) is 5.75 Å². The van der Waals surface area contributed by atoms with Crippen molar-refractivity contribution >= 4 is 0 Å². The molecule has 0 unspecified atom stereocenters. The first-order valence-electron chi connectivity index (χ1n) is 9.41. The molecule has 0 bridgehead atoms. The van der Waals surface area contributed by atoms with Crippen molar-refractivity contribution < 1.29 is 9.26 Å². The average molecular weight is 347 g/mol. The molecule has 3 heterocycles. The van der Waals surface area contributed by atoms with Crippen molar-refractivity contribution in [2.24, 2.45) is 0 Å². The van der Waals surface area contributed by atoms with Crippen molar-refractivity contribution in [1.29, 1.82) is 0 Å². The monoisotopic (exact) mass is 347 g/mol. The number of hydrogen-bond donors (Lipinski definition) is 0. The average Bonchev–Trinajstić information content (AvgIpc) is 3.16. The molecular weight excluding hydrogens is 326 g/mol. The van der Waals surface area contributed by atoms with Crippen LogP contribution in [0.3, 0.4) is 0 Å². The Balaban J connectivity index is 1.41. The van der Waals surface area contributed by atoms with Crippen LogP contribution in [-0.2, 0) is 25.7 Å². The SMILES string of the molecule is c1cc2c(c(-c3noc(Cc4ccc5c(c4)CCCO5)n3)n1)CCCC2. The zero-order chi connectivity index (χ0) is 17.3. The molecule has 3 aromatic rings. The standard InChI is InChI=1S/C21H21N3O2/c1-2-6-17-15(4-1)9-10-22-20(17)21-23-19(26-24-21)13-14-7-8-18-16(12-14)5-3-11-25-18/h7-10,12H,1-6,11,13H2. The predicted octanol–water partition coefficient (Wildman–Crippen LogP) is 3.93. The molecule has 0 saturated carbocycles. The lowest BCUT2D eigenvalue weighted by Crippen LogP contribution is -2.08. The molecule has 5 rings (SSSR count). The van der Waals surface area contributed by atoms with E-state index >= 15 is 0 Å². The molecule has 0 fully saturated rings. The lowest BCUT2D eigenvalue weighted by Gasteiger charge is -2.17. The maximum Gasteiger partial charge on any atom is 0.231 e. The van der Waals surface area contributed by atoms with Crippen molar-refractivity contribution in [3.8, 4) is 17.3 Å². The summed E-state index contributed by atoms with van der Waals surface area (Å²) in [5, 5.41) is 4.20. The van der Waals surface area contributed by atoms with Gasteiger partial charge in [0.25, 0.3) is 0 Å². The van der Waals surface area contributed by atoms with Gasteiger partial charge in [-0.15, -0.1) is 0 Å².